The maximum Gasteiger partial charge on any atom is 0.333 e. The number of aliphatic hydroxyl groups is 1. The van der Waals surface area contributed by atoms with Crippen LogP contribution in [-0.4, -0.2) is 50.1 Å². The summed E-state index contributed by atoms with van der Waals surface area (Å²) < 4.78 is 23.3. The molecule has 0 fully saturated rings. The number of hydrogen-bond donors (Lipinski definition) is 1. The van der Waals surface area contributed by atoms with Gasteiger partial charge in [-0.3, -0.25) is 0 Å². The molecule has 3 aromatic carbocycles. The third-order valence-electron chi connectivity index (χ3n) is 8.65. The van der Waals surface area contributed by atoms with Crippen LogP contribution in [0, 0.1) is 0 Å². The van der Waals surface area contributed by atoms with Gasteiger partial charge in [-0.15, -0.1) is 0 Å². The average molecular weight is 699 g/mol. The monoisotopic (exact) mass is 698 g/mol. The second-order valence-corrected chi connectivity index (χ2v) is 13.1. The maximum absolute atomic E-state index is 12.0. The van der Waals surface area contributed by atoms with Crippen molar-refractivity contribution in [3.63, 3.8) is 0 Å². The van der Waals surface area contributed by atoms with Gasteiger partial charge in [0.15, 0.2) is 0 Å². The summed E-state index contributed by atoms with van der Waals surface area (Å²) in [6.45, 7) is 14.9. The SMILES string of the molecule is C=C(C)C(=O)OCCCc1cc(-c2ccccc2CC)cc(CCCOC(=O)C(=C)C)c1OCCCCCc1ccc(OCCCCCO)cc1. The first kappa shape index (κ1) is 41.1. The molecule has 276 valence electrons. The van der Waals surface area contributed by atoms with E-state index >= 15 is 0 Å². The fourth-order valence-corrected chi connectivity index (χ4v) is 5.79. The Labute approximate surface area is 305 Å². The van der Waals surface area contributed by atoms with Crippen LogP contribution >= 0.6 is 0 Å². The minimum Gasteiger partial charge on any atom is -0.494 e. The van der Waals surface area contributed by atoms with E-state index < -0.39 is 0 Å². The van der Waals surface area contributed by atoms with Crippen molar-refractivity contribution in [2.45, 2.75) is 97.8 Å². The summed E-state index contributed by atoms with van der Waals surface area (Å²) >= 11 is 0. The molecule has 0 saturated heterocycles. The van der Waals surface area contributed by atoms with Crippen molar-refractivity contribution < 1.29 is 33.6 Å². The summed E-state index contributed by atoms with van der Waals surface area (Å²) in [7, 11) is 0. The second-order valence-electron chi connectivity index (χ2n) is 13.1. The van der Waals surface area contributed by atoms with E-state index in [0.717, 1.165) is 79.6 Å². The molecule has 3 rings (SSSR count). The number of aliphatic hydroxyl groups excluding tert-OH is 1. The topological polar surface area (TPSA) is 91.3 Å². The van der Waals surface area contributed by atoms with Gasteiger partial charge in [-0.05, 0) is 149 Å². The molecule has 0 unspecified atom stereocenters. The highest BCUT2D eigenvalue weighted by molar-refractivity contribution is 5.87. The molecule has 0 aliphatic heterocycles. The van der Waals surface area contributed by atoms with Gasteiger partial charge in [0.05, 0.1) is 26.4 Å². The average Bonchev–Trinajstić information content (AvgIpc) is 3.13. The van der Waals surface area contributed by atoms with Crippen LogP contribution in [-0.2, 0) is 44.7 Å². The Balaban J connectivity index is 1.70. The number of unbranched alkanes of at least 4 members (excludes halogenated alkanes) is 4. The molecule has 0 bridgehead atoms. The van der Waals surface area contributed by atoms with Crippen LogP contribution in [0.25, 0.3) is 11.1 Å². The zero-order chi connectivity index (χ0) is 36.8. The molecule has 7 nitrogen and oxygen atoms in total. The van der Waals surface area contributed by atoms with Crippen LogP contribution in [0.1, 0.15) is 94.4 Å². The summed E-state index contributed by atoms with van der Waals surface area (Å²) in [5.74, 6) is 1.00. The summed E-state index contributed by atoms with van der Waals surface area (Å²) in [5, 5.41) is 8.92. The van der Waals surface area contributed by atoms with Crippen LogP contribution in [0.15, 0.2) is 85.0 Å². The number of esters is 2. The largest absolute Gasteiger partial charge is 0.494 e. The lowest BCUT2D eigenvalue weighted by atomic mass is 9.91. The van der Waals surface area contributed by atoms with Crippen LogP contribution in [0.3, 0.4) is 0 Å². The molecule has 0 amide bonds. The number of ether oxygens (including phenoxy) is 4. The lowest BCUT2D eigenvalue weighted by Gasteiger charge is -2.20. The van der Waals surface area contributed by atoms with Crippen molar-refractivity contribution in [1.29, 1.82) is 0 Å². The Bertz CT molecular complexity index is 1480. The van der Waals surface area contributed by atoms with Crippen molar-refractivity contribution >= 4 is 11.9 Å². The van der Waals surface area contributed by atoms with Crippen molar-refractivity contribution in [2.75, 3.05) is 33.0 Å². The molecule has 0 saturated carbocycles. The molecular weight excluding hydrogens is 640 g/mol. The quantitative estimate of drug-likeness (QED) is 0.0536. The lowest BCUT2D eigenvalue weighted by molar-refractivity contribution is -0.139. The minimum atomic E-state index is -0.378. The summed E-state index contributed by atoms with van der Waals surface area (Å²) in [6.07, 6.45) is 10.3. The highest BCUT2D eigenvalue weighted by Gasteiger charge is 2.16. The van der Waals surface area contributed by atoms with Gasteiger partial charge in [0.25, 0.3) is 0 Å². The smallest absolute Gasteiger partial charge is 0.333 e. The van der Waals surface area contributed by atoms with Gasteiger partial charge in [0.1, 0.15) is 11.5 Å². The molecule has 0 atom stereocenters. The Kier molecular flexibility index (Phi) is 18.7. The molecule has 0 aromatic heterocycles. The first-order valence-corrected chi connectivity index (χ1v) is 18.6. The van der Waals surface area contributed by atoms with E-state index in [-0.39, 0.29) is 18.5 Å². The number of aryl methyl sites for hydroxylation is 4. The molecule has 7 heteroatoms. The Morgan fingerprint density at radius 3 is 1.76 bits per heavy atom. The zero-order valence-electron chi connectivity index (χ0n) is 31.1. The Morgan fingerprint density at radius 2 is 1.20 bits per heavy atom. The van der Waals surface area contributed by atoms with E-state index in [2.05, 4.69) is 68.6 Å². The van der Waals surface area contributed by atoms with Gasteiger partial charge in [0, 0.05) is 17.8 Å². The van der Waals surface area contributed by atoms with E-state index in [4.69, 9.17) is 24.1 Å². The molecule has 51 heavy (non-hydrogen) atoms. The predicted molar refractivity (Wildman–Crippen MR) is 205 cm³/mol. The molecular formula is C44H58O7. The van der Waals surface area contributed by atoms with E-state index in [1.165, 1.54) is 16.7 Å². The van der Waals surface area contributed by atoms with Gasteiger partial charge in [-0.2, -0.15) is 0 Å². The third-order valence-corrected chi connectivity index (χ3v) is 8.65. The second kappa shape index (κ2) is 23.2. The molecule has 0 heterocycles. The number of carbonyl (C=O) groups excluding carboxylic acids is 2. The standard InChI is InChI=1S/C44H58O7/c1-6-36-18-10-11-21-41(36)39-31-37(19-15-29-50-43(46)33(2)3)42(38(32-39)20-16-30-51-44(47)34(4)5)49-28-13-7-9-17-35-22-24-40(25-23-35)48-27-14-8-12-26-45/h10-11,18,21-25,31-32,45H,2,4,6-9,12-17,19-20,26-30H2,1,3,5H3. The Hall–Kier alpha value is -4.36. The third kappa shape index (κ3) is 14.8. The highest BCUT2D eigenvalue weighted by atomic mass is 16.5. The van der Waals surface area contributed by atoms with Crippen molar-refractivity contribution in [2.24, 2.45) is 0 Å². The number of benzene rings is 3. The van der Waals surface area contributed by atoms with Crippen LogP contribution < -0.4 is 9.47 Å². The van der Waals surface area contributed by atoms with E-state index in [1.807, 2.05) is 12.1 Å². The molecule has 0 spiro atoms. The first-order chi connectivity index (χ1) is 24.7. The fourth-order valence-electron chi connectivity index (χ4n) is 5.79. The van der Waals surface area contributed by atoms with Gasteiger partial charge in [0.2, 0.25) is 0 Å². The van der Waals surface area contributed by atoms with Crippen LogP contribution in [0.5, 0.6) is 11.5 Å². The summed E-state index contributed by atoms with van der Waals surface area (Å²) in [6, 6.07) is 21.2. The van der Waals surface area contributed by atoms with Gasteiger partial charge in [-0.1, -0.05) is 56.5 Å². The summed E-state index contributed by atoms with van der Waals surface area (Å²) in [5.41, 5.74) is 7.80. The van der Waals surface area contributed by atoms with Gasteiger partial charge < -0.3 is 24.1 Å². The van der Waals surface area contributed by atoms with E-state index in [1.54, 1.807) is 13.8 Å². The number of rotatable bonds is 25. The Morgan fingerprint density at radius 1 is 0.627 bits per heavy atom. The number of hydrogen-bond acceptors (Lipinski definition) is 7. The predicted octanol–water partition coefficient (Wildman–Crippen LogP) is 9.35. The van der Waals surface area contributed by atoms with Crippen molar-refractivity contribution in [3.05, 3.63) is 107 Å². The molecule has 1 N–H and O–H groups in total. The fraction of sp³-hybridized carbons (Fsp3) is 0.455. The van der Waals surface area contributed by atoms with Crippen LogP contribution in [0.2, 0.25) is 0 Å². The molecule has 0 aliphatic rings. The van der Waals surface area contributed by atoms with Crippen molar-refractivity contribution in [3.8, 4) is 22.6 Å². The summed E-state index contributed by atoms with van der Waals surface area (Å²) in [4.78, 5) is 24.0. The minimum absolute atomic E-state index is 0.233. The lowest BCUT2D eigenvalue weighted by Crippen LogP contribution is -2.10. The maximum atomic E-state index is 12.0. The van der Waals surface area contributed by atoms with Gasteiger partial charge >= 0.3 is 11.9 Å². The normalized spacial score (nSPS) is 10.8. The molecule has 0 aliphatic carbocycles. The molecule has 3 aromatic rings. The van der Waals surface area contributed by atoms with E-state index in [0.29, 0.717) is 63.3 Å². The van der Waals surface area contributed by atoms with Gasteiger partial charge in [-0.25, -0.2) is 9.59 Å². The van der Waals surface area contributed by atoms with Crippen molar-refractivity contribution in [1.82, 2.24) is 0 Å². The first-order valence-electron chi connectivity index (χ1n) is 18.6. The number of carbonyl (C=O) groups is 2. The van der Waals surface area contributed by atoms with E-state index in [9.17, 15) is 9.59 Å². The van der Waals surface area contributed by atoms with Crippen LogP contribution in [0.4, 0.5) is 0 Å². The highest BCUT2D eigenvalue weighted by Crippen LogP contribution is 2.35. The molecule has 0 radical (unpaired) electrons. The zero-order valence-corrected chi connectivity index (χ0v) is 31.1.